The molecule has 0 aromatic heterocycles. The number of anilines is 3. The molecule has 9 aromatic carbocycles. The Labute approximate surface area is 315 Å². The average molecular weight is 684 g/mol. The van der Waals surface area contributed by atoms with Crippen LogP contribution in [0, 0.1) is 0 Å². The molecule has 1 atom stereocenters. The Bertz CT molecular complexity index is 2960. The molecule has 250 valence electrons. The van der Waals surface area contributed by atoms with Crippen molar-refractivity contribution in [3.63, 3.8) is 0 Å². The van der Waals surface area contributed by atoms with Crippen molar-refractivity contribution in [2.75, 3.05) is 4.90 Å². The summed E-state index contributed by atoms with van der Waals surface area (Å²) < 4.78 is 0. The van der Waals surface area contributed by atoms with E-state index in [9.17, 15) is 0 Å². The van der Waals surface area contributed by atoms with Crippen LogP contribution in [0.15, 0.2) is 200 Å². The van der Waals surface area contributed by atoms with Gasteiger partial charge in [-0.2, -0.15) is 0 Å². The first-order valence-electron chi connectivity index (χ1n) is 18.9. The molecule has 54 heavy (non-hydrogen) atoms. The minimum atomic E-state index is -0.579. The van der Waals surface area contributed by atoms with Crippen molar-refractivity contribution in [1.29, 1.82) is 0 Å². The lowest BCUT2D eigenvalue weighted by Crippen LogP contribution is -2.29. The highest BCUT2D eigenvalue weighted by molar-refractivity contribution is 6.04. The molecular formula is C53H33N. The number of rotatable bonds is 1. The molecule has 1 nitrogen and oxygen atoms in total. The lowest BCUT2D eigenvalue weighted by Gasteiger charge is -2.36. The Kier molecular flexibility index (Phi) is 6.04. The highest BCUT2D eigenvalue weighted by Gasteiger charge is 2.50. The summed E-state index contributed by atoms with van der Waals surface area (Å²) in [6.45, 7) is 0. The van der Waals surface area contributed by atoms with Crippen LogP contribution in [0.4, 0.5) is 17.1 Å². The molecule has 1 unspecified atom stereocenters. The van der Waals surface area contributed by atoms with Gasteiger partial charge in [-0.25, -0.2) is 0 Å². The number of para-hydroxylation sites is 2. The monoisotopic (exact) mass is 683 g/mol. The van der Waals surface area contributed by atoms with Gasteiger partial charge in [0.1, 0.15) is 0 Å². The van der Waals surface area contributed by atoms with E-state index in [2.05, 4.69) is 205 Å². The van der Waals surface area contributed by atoms with Crippen LogP contribution < -0.4 is 4.90 Å². The van der Waals surface area contributed by atoms with E-state index < -0.39 is 5.41 Å². The summed E-state index contributed by atoms with van der Waals surface area (Å²) >= 11 is 0. The van der Waals surface area contributed by atoms with Gasteiger partial charge in [0.15, 0.2) is 0 Å². The van der Waals surface area contributed by atoms with Gasteiger partial charge < -0.3 is 4.90 Å². The third kappa shape index (κ3) is 3.83. The number of nitrogens with zero attached hydrogens (tertiary/aromatic N) is 1. The van der Waals surface area contributed by atoms with Crippen molar-refractivity contribution in [1.82, 2.24) is 0 Å². The molecule has 1 heterocycles. The van der Waals surface area contributed by atoms with Crippen molar-refractivity contribution in [2.24, 2.45) is 0 Å². The Morgan fingerprint density at radius 1 is 0.259 bits per heavy atom. The summed E-state index contributed by atoms with van der Waals surface area (Å²) in [5.74, 6) is 0. The summed E-state index contributed by atoms with van der Waals surface area (Å²) in [5.41, 5.74) is 20.9. The molecule has 0 N–H and O–H groups in total. The summed E-state index contributed by atoms with van der Waals surface area (Å²) in [5, 5.41) is 2.52. The third-order valence-corrected chi connectivity index (χ3v) is 12.2. The fraction of sp³-hybridized carbons (Fsp3) is 0.0189. The molecule has 12 rings (SSSR count). The normalized spacial score (nSPS) is 15.4. The van der Waals surface area contributed by atoms with E-state index in [1.54, 1.807) is 0 Å². The Morgan fingerprint density at radius 2 is 0.648 bits per heavy atom. The quantitative estimate of drug-likeness (QED) is 0.166. The van der Waals surface area contributed by atoms with E-state index in [0.29, 0.717) is 0 Å². The fourth-order valence-corrected chi connectivity index (χ4v) is 10.1. The largest absolute Gasteiger partial charge is 0.309 e. The van der Waals surface area contributed by atoms with Crippen LogP contribution in [0.5, 0.6) is 0 Å². The van der Waals surface area contributed by atoms with Gasteiger partial charge in [-0.3, -0.25) is 0 Å². The van der Waals surface area contributed by atoms with Gasteiger partial charge in [0.2, 0.25) is 0 Å². The first kappa shape index (κ1) is 29.6. The van der Waals surface area contributed by atoms with Crippen LogP contribution in [0.25, 0.3) is 66.4 Å². The van der Waals surface area contributed by atoms with Crippen LogP contribution in [0.1, 0.15) is 22.3 Å². The lowest BCUT2D eigenvalue weighted by atomic mass is 9.65. The third-order valence-electron chi connectivity index (χ3n) is 12.2. The van der Waals surface area contributed by atoms with Crippen molar-refractivity contribution in [3.05, 3.63) is 222 Å². The smallest absolute Gasteiger partial charge is 0.0726 e. The van der Waals surface area contributed by atoms with Gasteiger partial charge >= 0.3 is 0 Å². The molecule has 0 fully saturated rings. The predicted octanol–water partition coefficient (Wildman–Crippen LogP) is 14.0. The summed E-state index contributed by atoms with van der Waals surface area (Å²) in [4.78, 5) is 2.50. The number of hydrogen-bond acceptors (Lipinski definition) is 1. The standard InChI is InChI=1S/C53H33N/c1-2-16-35-32-49-46(31-34(35)15-1)42-22-8-12-26-48(42)53(49)47-25-11-7-21-41(47)37-17-3-4-18-38(37)43-30-29-36(33-50(43)53)54-51-27-13-9-23-44(51)39-19-5-6-20-40(39)45-24-10-14-28-52(45)54/h1-33H. The molecule has 0 radical (unpaired) electrons. The predicted molar refractivity (Wildman–Crippen MR) is 225 cm³/mol. The maximum atomic E-state index is 2.53. The van der Waals surface area contributed by atoms with Crippen LogP contribution in [0.3, 0.4) is 0 Å². The zero-order chi connectivity index (χ0) is 35.4. The average Bonchev–Trinajstić information content (AvgIpc) is 3.38. The van der Waals surface area contributed by atoms with Crippen molar-refractivity contribution >= 4 is 27.8 Å². The maximum Gasteiger partial charge on any atom is 0.0726 e. The van der Waals surface area contributed by atoms with E-state index in [0.717, 1.165) is 5.69 Å². The first-order valence-corrected chi connectivity index (χ1v) is 18.9. The van der Waals surface area contributed by atoms with E-state index in [-0.39, 0.29) is 0 Å². The number of hydrogen-bond donors (Lipinski definition) is 0. The topological polar surface area (TPSA) is 3.24 Å². The molecule has 3 aliphatic rings. The highest BCUT2D eigenvalue weighted by atomic mass is 15.1. The second-order valence-electron chi connectivity index (χ2n) is 14.8. The second-order valence-corrected chi connectivity index (χ2v) is 14.8. The SMILES string of the molecule is c1ccc2c(c1)-c1ccccc1N(c1ccc3c(c1)C1(c4ccccc4-c4ccccc4-3)c3ccccc3-c3cc4ccccc4cc31)c1ccccc1-2. The van der Waals surface area contributed by atoms with E-state index in [4.69, 9.17) is 0 Å². The van der Waals surface area contributed by atoms with Gasteiger partial charge in [-0.15, -0.1) is 0 Å². The first-order chi connectivity index (χ1) is 26.8. The van der Waals surface area contributed by atoms with E-state index in [1.165, 1.54) is 100 Å². The van der Waals surface area contributed by atoms with E-state index in [1.807, 2.05) is 0 Å². The van der Waals surface area contributed by atoms with Crippen LogP contribution in [-0.4, -0.2) is 0 Å². The maximum absolute atomic E-state index is 2.53. The van der Waals surface area contributed by atoms with Gasteiger partial charge in [0.05, 0.1) is 16.8 Å². The Balaban J connectivity index is 1.25. The molecule has 1 aliphatic heterocycles. The molecule has 2 aliphatic carbocycles. The van der Waals surface area contributed by atoms with Crippen molar-refractivity contribution in [3.8, 4) is 55.6 Å². The fourth-order valence-electron chi connectivity index (χ4n) is 10.1. The molecule has 0 saturated carbocycles. The Morgan fingerprint density at radius 3 is 1.22 bits per heavy atom. The molecule has 1 heteroatoms. The Hall–Kier alpha value is -6.96. The summed E-state index contributed by atoms with van der Waals surface area (Å²) in [7, 11) is 0. The van der Waals surface area contributed by atoms with Gasteiger partial charge in [-0.1, -0.05) is 164 Å². The summed E-state index contributed by atoms with van der Waals surface area (Å²) in [6, 6.07) is 75.0. The van der Waals surface area contributed by atoms with Crippen molar-refractivity contribution in [2.45, 2.75) is 5.41 Å². The zero-order valence-corrected chi connectivity index (χ0v) is 29.5. The highest BCUT2D eigenvalue weighted by Crippen LogP contribution is 2.63. The van der Waals surface area contributed by atoms with Gasteiger partial charge in [0.25, 0.3) is 0 Å². The molecule has 0 bridgehead atoms. The zero-order valence-electron chi connectivity index (χ0n) is 29.5. The van der Waals surface area contributed by atoms with Crippen LogP contribution in [-0.2, 0) is 5.41 Å². The van der Waals surface area contributed by atoms with E-state index >= 15 is 0 Å². The molecule has 0 saturated heterocycles. The lowest BCUT2D eigenvalue weighted by molar-refractivity contribution is 0.776. The molecule has 9 aromatic rings. The molecular weight excluding hydrogens is 651 g/mol. The van der Waals surface area contributed by atoms with Gasteiger partial charge in [0, 0.05) is 16.8 Å². The number of benzene rings is 9. The van der Waals surface area contributed by atoms with Gasteiger partial charge in [-0.05, 0) is 114 Å². The van der Waals surface area contributed by atoms with Crippen molar-refractivity contribution < 1.29 is 0 Å². The number of fused-ring (bicyclic) bond motifs is 18. The van der Waals surface area contributed by atoms with Crippen LogP contribution in [0.2, 0.25) is 0 Å². The summed E-state index contributed by atoms with van der Waals surface area (Å²) in [6.07, 6.45) is 0. The second kappa shape index (κ2) is 11.0. The minimum Gasteiger partial charge on any atom is -0.309 e. The molecule has 0 amide bonds. The molecule has 1 spiro atoms. The van der Waals surface area contributed by atoms with Crippen LogP contribution >= 0.6 is 0 Å². The minimum absolute atomic E-state index is 0.579.